The van der Waals surface area contributed by atoms with E-state index in [-0.39, 0.29) is 30.7 Å². The number of carbonyl (C=O) groups is 3. The van der Waals surface area contributed by atoms with Crippen molar-refractivity contribution in [3.8, 4) is 0 Å². The maximum atomic E-state index is 12.6. The molecule has 0 saturated heterocycles. The number of rotatable bonds is 6. The van der Waals surface area contributed by atoms with Gasteiger partial charge in [0.05, 0.1) is 0 Å². The van der Waals surface area contributed by atoms with Crippen LogP contribution < -0.4 is 16.0 Å². The van der Waals surface area contributed by atoms with Gasteiger partial charge in [-0.3, -0.25) is 14.4 Å². The van der Waals surface area contributed by atoms with Gasteiger partial charge in [-0.2, -0.15) is 0 Å². The van der Waals surface area contributed by atoms with E-state index in [0.717, 1.165) is 35.0 Å². The van der Waals surface area contributed by atoms with Gasteiger partial charge >= 0.3 is 0 Å². The summed E-state index contributed by atoms with van der Waals surface area (Å²) in [6, 6.07) is 5.68. The molecule has 1 aromatic rings. The Bertz CT molecular complexity index is 685. The third-order valence-corrected chi connectivity index (χ3v) is 5.16. The molecule has 0 aliphatic heterocycles. The standard InChI is InChI=1S/C19H26BrN3O3/c1-13-6-7-15(20)12-16(13)22-17(25)8-11-21-18(26)19(23-14(2)24)9-4-3-5-10-19/h6-7,12H,3-5,8-11H2,1-2H3,(H,21,26)(H,22,25)(H,23,24). The second-order valence-electron chi connectivity index (χ2n) is 6.84. The Morgan fingerprint density at radius 2 is 1.85 bits per heavy atom. The van der Waals surface area contributed by atoms with Gasteiger partial charge in [-0.25, -0.2) is 0 Å². The molecule has 1 aromatic carbocycles. The number of anilines is 1. The fourth-order valence-corrected chi connectivity index (χ4v) is 3.66. The maximum Gasteiger partial charge on any atom is 0.245 e. The first-order chi connectivity index (χ1) is 12.3. The number of amides is 3. The topological polar surface area (TPSA) is 87.3 Å². The van der Waals surface area contributed by atoms with Crippen LogP contribution in [0.1, 0.15) is 51.0 Å². The number of hydrogen-bond acceptors (Lipinski definition) is 3. The zero-order chi connectivity index (χ0) is 19.2. The average Bonchev–Trinajstić information content (AvgIpc) is 2.58. The van der Waals surface area contributed by atoms with Crippen LogP contribution in [0.3, 0.4) is 0 Å². The van der Waals surface area contributed by atoms with Crippen molar-refractivity contribution in [2.24, 2.45) is 0 Å². The predicted molar refractivity (Wildman–Crippen MR) is 105 cm³/mol. The van der Waals surface area contributed by atoms with Gasteiger partial charge in [-0.05, 0) is 37.5 Å². The molecule has 1 saturated carbocycles. The number of aryl methyl sites for hydroxylation is 1. The highest BCUT2D eigenvalue weighted by atomic mass is 79.9. The normalized spacial score (nSPS) is 15.8. The highest BCUT2D eigenvalue weighted by Gasteiger charge is 2.39. The SMILES string of the molecule is CC(=O)NC1(C(=O)NCCC(=O)Nc2cc(Br)ccc2C)CCCCC1. The first-order valence-corrected chi connectivity index (χ1v) is 9.75. The molecular weight excluding hydrogens is 398 g/mol. The van der Waals surface area contributed by atoms with Crippen molar-refractivity contribution >= 4 is 39.3 Å². The lowest BCUT2D eigenvalue weighted by atomic mass is 9.80. The third kappa shape index (κ3) is 5.56. The molecule has 0 atom stereocenters. The summed E-state index contributed by atoms with van der Waals surface area (Å²) in [5.41, 5.74) is 0.886. The molecule has 3 N–H and O–H groups in total. The molecule has 0 bridgehead atoms. The van der Waals surface area contributed by atoms with E-state index in [1.54, 1.807) is 0 Å². The summed E-state index contributed by atoms with van der Waals surface area (Å²) in [7, 11) is 0. The van der Waals surface area contributed by atoms with E-state index in [1.165, 1.54) is 6.92 Å². The molecule has 7 heteroatoms. The lowest BCUT2D eigenvalue weighted by Crippen LogP contribution is -2.59. The molecule has 3 amide bonds. The fourth-order valence-electron chi connectivity index (χ4n) is 3.30. The smallest absolute Gasteiger partial charge is 0.245 e. The first kappa shape index (κ1) is 20.4. The Kier molecular flexibility index (Phi) is 7.20. The van der Waals surface area contributed by atoms with Crippen LogP contribution in [0.4, 0.5) is 5.69 Å². The molecule has 142 valence electrons. The minimum atomic E-state index is -0.832. The number of nitrogens with one attached hydrogen (secondary N) is 3. The van der Waals surface area contributed by atoms with Gasteiger partial charge < -0.3 is 16.0 Å². The van der Waals surface area contributed by atoms with Crippen LogP contribution in [-0.4, -0.2) is 29.8 Å². The first-order valence-electron chi connectivity index (χ1n) is 8.95. The Morgan fingerprint density at radius 3 is 2.50 bits per heavy atom. The van der Waals surface area contributed by atoms with Crippen molar-refractivity contribution in [1.29, 1.82) is 0 Å². The molecule has 0 unspecified atom stereocenters. The van der Waals surface area contributed by atoms with Crippen molar-refractivity contribution < 1.29 is 14.4 Å². The van der Waals surface area contributed by atoms with E-state index >= 15 is 0 Å². The van der Waals surface area contributed by atoms with Crippen molar-refractivity contribution in [2.45, 2.75) is 57.9 Å². The van der Waals surface area contributed by atoms with Gasteiger partial charge in [0.1, 0.15) is 5.54 Å². The van der Waals surface area contributed by atoms with Crippen molar-refractivity contribution in [1.82, 2.24) is 10.6 Å². The Balaban J connectivity index is 1.87. The van der Waals surface area contributed by atoms with Crippen LogP contribution in [0.15, 0.2) is 22.7 Å². The molecule has 1 aliphatic rings. The third-order valence-electron chi connectivity index (χ3n) is 4.67. The van der Waals surface area contributed by atoms with E-state index in [2.05, 4.69) is 31.9 Å². The molecule has 6 nitrogen and oxygen atoms in total. The Labute approximate surface area is 162 Å². The van der Waals surface area contributed by atoms with Crippen LogP contribution >= 0.6 is 15.9 Å². The van der Waals surface area contributed by atoms with Crippen molar-refractivity contribution in [2.75, 3.05) is 11.9 Å². The highest BCUT2D eigenvalue weighted by molar-refractivity contribution is 9.10. The summed E-state index contributed by atoms with van der Waals surface area (Å²) in [6.45, 7) is 3.58. The van der Waals surface area contributed by atoms with E-state index in [9.17, 15) is 14.4 Å². The minimum Gasteiger partial charge on any atom is -0.354 e. The average molecular weight is 424 g/mol. The second-order valence-corrected chi connectivity index (χ2v) is 7.75. The fraction of sp³-hybridized carbons (Fsp3) is 0.526. The summed E-state index contributed by atoms with van der Waals surface area (Å²) >= 11 is 3.38. The number of halogens is 1. The Morgan fingerprint density at radius 1 is 1.15 bits per heavy atom. The second kappa shape index (κ2) is 9.16. The summed E-state index contributed by atoms with van der Waals surface area (Å²) in [5, 5.41) is 8.50. The van der Waals surface area contributed by atoms with Gasteiger partial charge in [-0.1, -0.05) is 41.3 Å². The largest absolute Gasteiger partial charge is 0.354 e. The van der Waals surface area contributed by atoms with E-state index in [0.29, 0.717) is 12.8 Å². The molecule has 26 heavy (non-hydrogen) atoms. The van der Waals surface area contributed by atoms with E-state index in [4.69, 9.17) is 0 Å². The Hall–Kier alpha value is -1.89. The lowest BCUT2D eigenvalue weighted by molar-refractivity contribution is -0.134. The lowest BCUT2D eigenvalue weighted by Gasteiger charge is -2.36. The molecule has 0 aromatic heterocycles. The summed E-state index contributed by atoms with van der Waals surface area (Å²) in [5.74, 6) is -0.563. The van der Waals surface area contributed by atoms with Crippen LogP contribution in [-0.2, 0) is 14.4 Å². The molecule has 1 fully saturated rings. The maximum absolute atomic E-state index is 12.6. The number of carbonyl (C=O) groups excluding carboxylic acids is 3. The van der Waals surface area contributed by atoms with E-state index < -0.39 is 5.54 Å². The van der Waals surface area contributed by atoms with Crippen LogP contribution in [0, 0.1) is 6.92 Å². The summed E-state index contributed by atoms with van der Waals surface area (Å²) in [4.78, 5) is 36.3. The molecule has 2 rings (SSSR count). The zero-order valence-corrected chi connectivity index (χ0v) is 16.9. The van der Waals surface area contributed by atoms with Gasteiger partial charge in [-0.15, -0.1) is 0 Å². The number of hydrogen-bond donors (Lipinski definition) is 3. The van der Waals surface area contributed by atoms with Gasteiger partial charge in [0.25, 0.3) is 0 Å². The van der Waals surface area contributed by atoms with Gasteiger partial charge in [0, 0.05) is 30.0 Å². The summed E-state index contributed by atoms with van der Waals surface area (Å²) in [6.07, 6.45) is 4.35. The monoisotopic (exact) mass is 423 g/mol. The van der Waals surface area contributed by atoms with Crippen LogP contribution in [0.5, 0.6) is 0 Å². The molecule has 1 aliphatic carbocycles. The minimum absolute atomic E-state index is 0.163. The van der Waals surface area contributed by atoms with Gasteiger partial charge in [0.15, 0.2) is 0 Å². The van der Waals surface area contributed by atoms with E-state index in [1.807, 2.05) is 25.1 Å². The van der Waals surface area contributed by atoms with Crippen molar-refractivity contribution in [3.05, 3.63) is 28.2 Å². The quantitative estimate of drug-likeness (QED) is 0.656. The zero-order valence-electron chi connectivity index (χ0n) is 15.3. The molecule has 0 heterocycles. The van der Waals surface area contributed by atoms with Crippen LogP contribution in [0.2, 0.25) is 0 Å². The molecule has 0 spiro atoms. The van der Waals surface area contributed by atoms with Gasteiger partial charge in [0.2, 0.25) is 17.7 Å². The summed E-state index contributed by atoms with van der Waals surface area (Å²) < 4.78 is 0.890. The molecular formula is C19H26BrN3O3. The van der Waals surface area contributed by atoms with Crippen LogP contribution in [0.25, 0.3) is 0 Å². The van der Waals surface area contributed by atoms with Crippen molar-refractivity contribution in [3.63, 3.8) is 0 Å². The highest BCUT2D eigenvalue weighted by Crippen LogP contribution is 2.28. The number of benzene rings is 1. The predicted octanol–water partition coefficient (Wildman–Crippen LogP) is 3.04. The molecule has 0 radical (unpaired) electrons.